The summed E-state index contributed by atoms with van der Waals surface area (Å²) < 4.78 is 18.1. The third-order valence-electron chi connectivity index (χ3n) is 3.38. The van der Waals surface area contributed by atoms with Crippen LogP contribution in [0.25, 0.3) is 0 Å². The van der Waals surface area contributed by atoms with Crippen molar-refractivity contribution in [2.45, 2.75) is 25.9 Å². The van der Waals surface area contributed by atoms with E-state index in [0.29, 0.717) is 19.6 Å². The molecule has 0 unspecified atom stereocenters. The molecule has 1 atom stereocenters. The second-order valence-electron chi connectivity index (χ2n) is 4.92. The average Bonchev–Trinajstić information content (AvgIpc) is 2.43. The number of hydrogen-bond donors (Lipinski definition) is 1. The molecule has 1 saturated heterocycles. The lowest BCUT2D eigenvalue weighted by Gasteiger charge is -2.34. The Balaban J connectivity index is 2.07. The molecule has 1 heterocycles. The number of benzene rings is 1. The van der Waals surface area contributed by atoms with E-state index in [4.69, 9.17) is 4.74 Å². The number of amides is 1. The van der Waals surface area contributed by atoms with Crippen LogP contribution in [0.4, 0.5) is 4.39 Å². The molecule has 5 nitrogen and oxygen atoms in total. The number of esters is 1. The summed E-state index contributed by atoms with van der Waals surface area (Å²) in [4.78, 5) is 25.5. The Kier molecular flexibility index (Phi) is 5.27. The van der Waals surface area contributed by atoms with Gasteiger partial charge in [-0.25, -0.2) is 4.39 Å². The molecule has 0 aliphatic carbocycles. The lowest BCUT2D eigenvalue weighted by molar-refractivity contribution is -0.148. The van der Waals surface area contributed by atoms with Gasteiger partial charge in [-0.2, -0.15) is 0 Å². The number of rotatable bonds is 5. The Labute approximate surface area is 123 Å². The molecule has 2 rings (SSSR count). The zero-order chi connectivity index (χ0) is 15.2. The fourth-order valence-electron chi connectivity index (χ4n) is 2.42. The predicted molar refractivity (Wildman–Crippen MR) is 74.9 cm³/mol. The molecule has 0 aromatic heterocycles. The molecular weight excluding hydrogens is 275 g/mol. The van der Waals surface area contributed by atoms with E-state index in [1.807, 2.05) is 4.90 Å². The molecule has 1 amide bonds. The van der Waals surface area contributed by atoms with E-state index in [9.17, 15) is 14.0 Å². The van der Waals surface area contributed by atoms with Gasteiger partial charge >= 0.3 is 5.97 Å². The van der Waals surface area contributed by atoms with E-state index in [0.717, 1.165) is 5.56 Å². The molecule has 1 aliphatic rings. The van der Waals surface area contributed by atoms with Crippen molar-refractivity contribution in [3.8, 4) is 0 Å². The number of nitrogens with one attached hydrogen (secondary N) is 1. The minimum absolute atomic E-state index is 0.00892. The van der Waals surface area contributed by atoms with Gasteiger partial charge in [0, 0.05) is 19.6 Å². The highest BCUT2D eigenvalue weighted by Gasteiger charge is 2.32. The van der Waals surface area contributed by atoms with E-state index in [1.54, 1.807) is 19.1 Å². The molecule has 1 N–H and O–H groups in total. The Morgan fingerprint density at radius 1 is 1.52 bits per heavy atom. The predicted octanol–water partition coefficient (Wildman–Crippen LogP) is 1.08. The van der Waals surface area contributed by atoms with E-state index >= 15 is 0 Å². The highest BCUT2D eigenvalue weighted by molar-refractivity contribution is 5.87. The highest BCUT2D eigenvalue weighted by Crippen LogP contribution is 2.15. The molecule has 0 radical (unpaired) electrons. The molecule has 0 bridgehead atoms. The number of carbonyl (C=O) groups excluding carboxylic acids is 2. The van der Waals surface area contributed by atoms with Crippen LogP contribution in [-0.2, 0) is 20.9 Å². The summed E-state index contributed by atoms with van der Waals surface area (Å²) >= 11 is 0. The van der Waals surface area contributed by atoms with Crippen LogP contribution in [0.3, 0.4) is 0 Å². The van der Waals surface area contributed by atoms with Gasteiger partial charge in [0.2, 0.25) is 5.91 Å². The van der Waals surface area contributed by atoms with Gasteiger partial charge in [0.15, 0.2) is 0 Å². The minimum atomic E-state index is -0.568. The van der Waals surface area contributed by atoms with Crippen LogP contribution in [0.2, 0.25) is 0 Å². The van der Waals surface area contributed by atoms with Crippen LogP contribution in [0, 0.1) is 5.82 Å². The maximum atomic E-state index is 13.2. The van der Waals surface area contributed by atoms with Crippen LogP contribution >= 0.6 is 0 Å². The summed E-state index contributed by atoms with van der Waals surface area (Å²) in [5, 5.41) is 2.74. The first-order valence-corrected chi connectivity index (χ1v) is 7.02. The van der Waals surface area contributed by atoms with Crippen LogP contribution in [0.15, 0.2) is 24.3 Å². The van der Waals surface area contributed by atoms with Gasteiger partial charge in [0.1, 0.15) is 11.9 Å². The Morgan fingerprint density at radius 3 is 3.05 bits per heavy atom. The van der Waals surface area contributed by atoms with Crippen molar-refractivity contribution in [1.82, 2.24) is 10.2 Å². The molecule has 21 heavy (non-hydrogen) atoms. The number of hydrogen-bond acceptors (Lipinski definition) is 4. The second-order valence-corrected chi connectivity index (χ2v) is 4.92. The van der Waals surface area contributed by atoms with Crippen molar-refractivity contribution in [3.05, 3.63) is 35.6 Å². The maximum absolute atomic E-state index is 13.2. The summed E-state index contributed by atoms with van der Waals surface area (Å²) in [6.45, 7) is 3.58. The van der Waals surface area contributed by atoms with E-state index in [-0.39, 0.29) is 24.8 Å². The summed E-state index contributed by atoms with van der Waals surface area (Å²) in [5.74, 6) is -0.898. The summed E-state index contributed by atoms with van der Waals surface area (Å²) in [6.07, 6.45) is 0.00892. The quantitative estimate of drug-likeness (QED) is 0.826. The number of piperazine rings is 1. The summed E-state index contributed by atoms with van der Waals surface area (Å²) in [6, 6.07) is 5.68. The molecule has 1 aromatic rings. The van der Waals surface area contributed by atoms with Gasteiger partial charge in [0.05, 0.1) is 13.0 Å². The normalized spacial score (nSPS) is 19.1. The third kappa shape index (κ3) is 4.26. The average molecular weight is 294 g/mol. The lowest BCUT2D eigenvalue weighted by Crippen LogP contribution is -2.55. The molecule has 0 spiro atoms. The standard InChI is InChI=1S/C15H19FN2O3/c1-2-21-14(19)9-13-15(20)17-6-7-18(13)10-11-4-3-5-12(16)8-11/h3-5,8,13H,2,6-7,9-10H2,1H3,(H,17,20)/t13-/m0/s1. The smallest absolute Gasteiger partial charge is 0.307 e. The zero-order valence-corrected chi connectivity index (χ0v) is 12.0. The Bertz CT molecular complexity index is 521. The van der Waals surface area contributed by atoms with Gasteiger partial charge in [0.25, 0.3) is 0 Å². The van der Waals surface area contributed by atoms with Crippen LogP contribution in [0.5, 0.6) is 0 Å². The van der Waals surface area contributed by atoms with Crippen LogP contribution in [0.1, 0.15) is 18.9 Å². The first kappa shape index (κ1) is 15.4. The molecule has 6 heteroatoms. The third-order valence-corrected chi connectivity index (χ3v) is 3.38. The number of carbonyl (C=O) groups is 2. The van der Waals surface area contributed by atoms with Gasteiger partial charge in [-0.3, -0.25) is 14.5 Å². The maximum Gasteiger partial charge on any atom is 0.307 e. The molecule has 0 saturated carbocycles. The van der Waals surface area contributed by atoms with Crippen molar-refractivity contribution >= 4 is 11.9 Å². The van der Waals surface area contributed by atoms with Crippen molar-refractivity contribution in [2.75, 3.05) is 19.7 Å². The fraction of sp³-hybridized carbons (Fsp3) is 0.467. The summed E-state index contributed by atoms with van der Waals surface area (Å²) in [5.41, 5.74) is 0.776. The van der Waals surface area contributed by atoms with Gasteiger partial charge < -0.3 is 10.1 Å². The van der Waals surface area contributed by atoms with Gasteiger partial charge in [-0.1, -0.05) is 12.1 Å². The Hall–Kier alpha value is -1.95. The molecule has 1 aromatic carbocycles. The Morgan fingerprint density at radius 2 is 2.33 bits per heavy atom. The van der Waals surface area contributed by atoms with E-state index in [2.05, 4.69) is 5.32 Å². The largest absolute Gasteiger partial charge is 0.466 e. The second kappa shape index (κ2) is 7.17. The van der Waals surface area contributed by atoms with Gasteiger partial charge in [-0.05, 0) is 24.6 Å². The van der Waals surface area contributed by atoms with Crippen LogP contribution < -0.4 is 5.32 Å². The number of ether oxygens (including phenoxy) is 1. The summed E-state index contributed by atoms with van der Waals surface area (Å²) in [7, 11) is 0. The monoisotopic (exact) mass is 294 g/mol. The van der Waals surface area contributed by atoms with E-state index < -0.39 is 12.0 Å². The lowest BCUT2D eigenvalue weighted by atomic mass is 10.1. The fourth-order valence-corrected chi connectivity index (χ4v) is 2.42. The topological polar surface area (TPSA) is 58.6 Å². The van der Waals surface area contributed by atoms with Crippen molar-refractivity contribution in [1.29, 1.82) is 0 Å². The first-order chi connectivity index (χ1) is 10.1. The SMILES string of the molecule is CCOC(=O)C[C@H]1C(=O)NCCN1Cc1cccc(F)c1. The van der Waals surface area contributed by atoms with Crippen LogP contribution in [-0.4, -0.2) is 42.5 Å². The molecule has 1 fully saturated rings. The first-order valence-electron chi connectivity index (χ1n) is 7.02. The number of nitrogens with zero attached hydrogens (tertiary/aromatic N) is 1. The zero-order valence-electron chi connectivity index (χ0n) is 12.0. The molecule has 1 aliphatic heterocycles. The van der Waals surface area contributed by atoms with Crippen molar-refractivity contribution in [3.63, 3.8) is 0 Å². The van der Waals surface area contributed by atoms with Crippen molar-refractivity contribution < 1.29 is 18.7 Å². The number of halogens is 1. The van der Waals surface area contributed by atoms with Gasteiger partial charge in [-0.15, -0.1) is 0 Å². The highest BCUT2D eigenvalue weighted by atomic mass is 19.1. The minimum Gasteiger partial charge on any atom is -0.466 e. The van der Waals surface area contributed by atoms with E-state index in [1.165, 1.54) is 12.1 Å². The van der Waals surface area contributed by atoms with Crippen molar-refractivity contribution in [2.24, 2.45) is 0 Å². The molecular formula is C15H19FN2O3. The molecule has 114 valence electrons.